The third-order valence-electron chi connectivity index (χ3n) is 2.16. The van der Waals surface area contributed by atoms with E-state index in [4.69, 9.17) is 5.26 Å². The molecule has 5 heteroatoms. The standard InChI is InChI=1S/C12H10FNO3/c1-2-17-12(16)5-9-10(7-15)8(6-14)3-4-11(9)13/h3-4,7H,2,5H2,1H3. The van der Waals surface area contributed by atoms with Gasteiger partial charge in [0.1, 0.15) is 5.82 Å². The average molecular weight is 235 g/mol. The van der Waals surface area contributed by atoms with Gasteiger partial charge in [0.05, 0.1) is 24.7 Å². The van der Waals surface area contributed by atoms with Crippen molar-refractivity contribution in [2.75, 3.05) is 6.61 Å². The van der Waals surface area contributed by atoms with Crippen LogP contribution in [0.25, 0.3) is 0 Å². The molecule has 1 rings (SSSR count). The molecular weight excluding hydrogens is 225 g/mol. The van der Waals surface area contributed by atoms with Crippen LogP contribution in [-0.2, 0) is 16.0 Å². The molecule has 17 heavy (non-hydrogen) atoms. The van der Waals surface area contributed by atoms with Crippen LogP contribution in [0, 0.1) is 17.1 Å². The van der Waals surface area contributed by atoms with Gasteiger partial charge in [0.15, 0.2) is 6.29 Å². The van der Waals surface area contributed by atoms with Crippen LogP contribution >= 0.6 is 0 Å². The number of halogens is 1. The van der Waals surface area contributed by atoms with Gasteiger partial charge < -0.3 is 4.74 Å². The molecule has 0 aliphatic carbocycles. The predicted molar refractivity (Wildman–Crippen MR) is 56.8 cm³/mol. The number of nitriles is 1. The first-order chi connectivity index (χ1) is 8.13. The van der Waals surface area contributed by atoms with E-state index in [1.807, 2.05) is 0 Å². The summed E-state index contributed by atoms with van der Waals surface area (Å²) in [7, 11) is 0. The van der Waals surface area contributed by atoms with E-state index < -0.39 is 11.8 Å². The van der Waals surface area contributed by atoms with Gasteiger partial charge in [0.2, 0.25) is 0 Å². The Balaban J connectivity index is 3.17. The molecule has 0 aliphatic rings. The van der Waals surface area contributed by atoms with Crippen LogP contribution in [0.1, 0.15) is 28.4 Å². The Bertz CT molecular complexity index is 491. The second-order valence-electron chi connectivity index (χ2n) is 3.20. The quantitative estimate of drug-likeness (QED) is 0.587. The van der Waals surface area contributed by atoms with Crippen molar-refractivity contribution >= 4 is 12.3 Å². The van der Waals surface area contributed by atoms with E-state index in [1.165, 1.54) is 6.07 Å². The van der Waals surface area contributed by atoms with Gasteiger partial charge >= 0.3 is 5.97 Å². The van der Waals surface area contributed by atoms with Gasteiger partial charge in [-0.05, 0) is 19.1 Å². The second kappa shape index (κ2) is 5.75. The van der Waals surface area contributed by atoms with E-state index in [0.717, 1.165) is 6.07 Å². The van der Waals surface area contributed by atoms with Crippen LogP contribution in [0.5, 0.6) is 0 Å². The number of ether oxygens (including phenoxy) is 1. The van der Waals surface area contributed by atoms with Crippen LogP contribution in [0.4, 0.5) is 4.39 Å². The average Bonchev–Trinajstić information content (AvgIpc) is 2.31. The first-order valence-corrected chi connectivity index (χ1v) is 4.96. The highest BCUT2D eigenvalue weighted by Gasteiger charge is 2.16. The van der Waals surface area contributed by atoms with E-state index in [9.17, 15) is 14.0 Å². The van der Waals surface area contributed by atoms with Crippen molar-refractivity contribution in [1.82, 2.24) is 0 Å². The maximum atomic E-state index is 13.5. The number of carbonyl (C=O) groups excluding carboxylic acids is 2. The lowest BCUT2D eigenvalue weighted by Crippen LogP contribution is -2.11. The molecule has 0 fully saturated rings. The Morgan fingerprint density at radius 1 is 1.59 bits per heavy atom. The Kier molecular flexibility index (Phi) is 4.35. The first kappa shape index (κ1) is 12.8. The summed E-state index contributed by atoms with van der Waals surface area (Å²) < 4.78 is 18.1. The molecule has 0 N–H and O–H groups in total. The van der Waals surface area contributed by atoms with Gasteiger partial charge in [0.25, 0.3) is 0 Å². The smallest absolute Gasteiger partial charge is 0.310 e. The zero-order chi connectivity index (χ0) is 12.8. The zero-order valence-corrected chi connectivity index (χ0v) is 9.20. The molecule has 0 heterocycles. The lowest BCUT2D eigenvalue weighted by molar-refractivity contribution is -0.142. The Morgan fingerprint density at radius 2 is 2.29 bits per heavy atom. The molecule has 1 aromatic carbocycles. The lowest BCUT2D eigenvalue weighted by atomic mass is 10.00. The number of esters is 1. The van der Waals surface area contributed by atoms with Crippen molar-refractivity contribution in [3.05, 3.63) is 34.6 Å². The summed E-state index contributed by atoms with van der Waals surface area (Å²) in [5, 5.41) is 8.75. The minimum absolute atomic E-state index is 0.0423. The van der Waals surface area contributed by atoms with Crippen LogP contribution < -0.4 is 0 Å². The fourth-order valence-electron chi connectivity index (χ4n) is 1.41. The lowest BCUT2D eigenvalue weighted by Gasteiger charge is -2.07. The molecule has 0 atom stereocenters. The number of rotatable bonds is 4. The number of aldehydes is 1. The largest absolute Gasteiger partial charge is 0.466 e. The zero-order valence-electron chi connectivity index (χ0n) is 9.20. The Hall–Kier alpha value is -2.22. The molecule has 0 saturated heterocycles. The molecule has 0 radical (unpaired) electrons. The summed E-state index contributed by atoms with van der Waals surface area (Å²) in [6.07, 6.45) is 0.0134. The van der Waals surface area contributed by atoms with Crippen molar-refractivity contribution in [2.45, 2.75) is 13.3 Å². The second-order valence-corrected chi connectivity index (χ2v) is 3.20. The maximum absolute atomic E-state index is 13.5. The minimum Gasteiger partial charge on any atom is -0.466 e. The Labute approximate surface area is 97.6 Å². The minimum atomic E-state index is -0.695. The SMILES string of the molecule is CCOC(=O)Cc1c(F)ccc(C#N)c1C=O. The molecule has 0 saturated carbocycles. The molecule has 0 aromatic heterocycles. The Morgan fingerprint density at radius 3 is 2.82 bits per heavy atom. The van der Waals surface area contributed by atoms with E-state index in [2.05, 4.69) is 4.74 Å². The summed E-state index contributed by atoms with van der Waals surface area (Å²) in [6.45, 7) is 1.80. The van der Waals surface area contributed by atoms with Crippen molar-refractivity contribution < 1.29 is 18.7 Å². The summed E-state index contributed by atoms with van der Waals surface area (Å²) >= 11 is 0. The van der Waals surface area contributed by atoms with Gasteiger partial charge in [-0.15, -0.1) is 0 Å². The highest BCUT2D eigenvalue weighted by atomic mass is 19.1. The topological polar surface area (TPSA) is 67.2 Å². The monoisotopic (exact) mass is 235 g/mol. The number of benzene rings is 1. The highest BCUT2D eigenvalue weighted by molar-refractivity contribution is 5.85. The van der Waals surface area contributed by atoms with E-state index in [1.54, 1.807) is 13.0 Å². The molecule has 1 aromatic rings. The molecule has 88 valence electrons. The van der Waals surface area contributed by atoms with Gasteiger partial charge in [-0.1, -0.05) is 0 Å². The molecular formula is C12H10FNO3. The van der Waals surface area contributed by atoms with E-state index >= 15 is 0 Å². The molecule has 0 amide bonds. The molecule has 0 aliphatic heterocycles. The van der Waals surface area contributed by atoms with Gasteiger partial charge in [-0.2, -0.15) is 5.26 Å². The van der Waals surface area contributed by atoms with Crippen molar-refractivity contribution in [3.8, 4) is 6.07 Å². The maximum Gasteiger partial charge on any atom is 0.310 e. The fraction of sp³-hybridized carbons (Fsp3) is 0.250. The van der Waals surface area contributed by atoms with Crippen molar-refractivity contribution in [2.24, 2.45) is 0 Å². The van der Waals surface area contributed by atoms with Crippen LogP contribution in [0.3, 0.4) is 0 Å². The van der Waals surface area contributed by atoms with E-state index in [-0.39, 0.29) is 29.7 Å². The number of carbonyl (C=O) groups is 2. The van der Waals surface area contributed by atoms with Crippen LogP contribution in [0.15, 0.2) is 12.1 Å². The summed E-state index contributed by atoms with van der Waals surface area (Å²) in [5.41, 5.74) is -0.154. The third kappa shape index (κ3) is 2.88. The number of nitrogens with zero attached hydrogens (tertiary/aromatic N) is 1. The molecule has 4 nitrogen and oxygen atoms in total. The predicted octanol–water partition coefficient (Wildman–Crippen LogP) is 1.62. The van der Waals surface area contributed by atoms with Crippen LogP contribution in [-0.4, -0.2) is 18.9 Å². The van der Waals surface area contributed by atoms with Crippen LogP contribution in [0.2, 0.25) is 0 Å². The molecule has 0 spiro atoms. The van der Waals surface area contributed by atoms with Crippen molar-refractivity contribution in [1.29, 1.82) is 5.26 Å². The van der Waals surface area contributed by atoms with Gasteiger partial charge in [-0.3, -0.25) is 9.59 Å². The van der Waals surface area contributed by atoms with Gasteiger partial charge in [0, 0.05) is 11.1 Å². The fourth-order valence-corrected chi connectivity index (χ4v) is 1.41. The van der Waals surface area contributed by atoms with Crippen molar-refractivity contribution in [3.63, 3.8) is 0 Å². The first-order valence-electron chi connectivity index (χ1n) is 4.96. The molecule has 0 bridgehead atoms. The summed E-state index contributed by atoms with van der Waals surface area (Å²) in [6, 6.07) is 4.03. The molecule has 0 unspecified atom stereocenters. The number of hydrogen-bond donors (Lipinski definition) is 0. The summed E-state index contributed by atoms with van der Waals surface area (Å²) in [5.74, 6) is -1.33. The van der Waals surface area contributed by atoms with Gasteiger partial charge in [-0.25, -0.2) is 4.39 Å². The van der Waals surface area contributed by atoms with E-state index in [0.29, 0.717) is 6.29 Å². The number of hydrogen-bond acceptors (Lipinski definition) is 4. The summed E-state index contributed by atoms with van der Waals surface area (Å²) in [4.78, 5) is 22.1. The normalized spacial score (nSPS) is 9.47. The highest BCUT2D eigenvalue weighted by Crippen LogP contribution is 2.17. The third-order valence-corrected chi connectivity index (χ3v) is 2.16.